The third-order valence-electron chi connectivity index (χ3n) is 3.61. The summed E-state index contributed by atoms with van der Waals surface area (Å²) >= 11 is 7.59. The van der Waals surface area contributed by atoms with Crippen LogP contribution in [0.25, 0.3) is 10.8 Å². The molecule has 1 aromatic heterocycles. The van der Waals surface area contributed by atoms with Gasteiger partial charge in [-0.3, -0.25) is 11.3 Å². The van der Waals surface area contributed by atoms with Crippen molar-refractivity contribution in [1.29, 1.82) is 0 Å². The van der Waals surface area contributed by atoms with E-state index in [-0.39, 0.29) is 6.04 Å². The Balaban J connectivity index is 1.75. The second-order valence-corrected chi connectivity index (χ2v) is 6.96. The number of hydrazine groups is 1. The van der Waals surface area contributed by atoms with Crippen molar-refractivity contribution >= 4 is 33.7 Å². The monoisotopic (exact) mass is 316 g/mol. The van der Waals surface area contributed by atoms with E-state index >= 15 is 0 Å². The van der Waals surface area contributed by atoms with Crippen LogP contribution >= 0.6 is 22.9 Å². The van der Waals surface area contributed by atoms with E-state index in [4.69, 9.17) is 17.4 Å². The van der Waals surface area contributed by atoms with Crippen molar-refractivity contribution in [1.82, 2.24) is 5.43 Å². The molecule has 2 aromatic carbocycles. The quantitative estimate of drug-likeness (QED) is 0.547. The molecule has 3 aromatic rings. The maximum atomic E-state index is 5.98. The maximum Gasteiger partial charge on any atom is 0.0931 e. The molecule has 0 spiro atoms. The van der Waals surface area contributed by atoms with E-state index in [1.54, 1.807) is 11.3 Å². The molecule has 2 nitrogen and oxygen atoms in total. The van der Waals surface area contributed by atoms with Crippen molar-refractivity contribution in [2.75, 3.05) is 0 Å². The van der Waals surface area contributed by atoms with Crippen LogP contribution in [0.3, 0.4) is 0 Å². The summed E-state index contributed by atoms with van der Waals surface area (Å²) in [5.74, 6) is 5.71. The third kappa shape index (κ3) is 3.63. The zero-order valence-corrected chi connectivity index (χ0v) is 13.1. The molecule has 0 radical (unpaired) electrons. The van der Waals surface area contributed by atoms with Gasteiger partial charge in [-0.2, -0.15) is 0 Å². The van der Waals surface area contributed by atoms with Crippen LogP contribution < -0.4 is 11.3 Å². The summed E-state index contributed by atoms with van der Waals surface area (Å²) < 4.78 is 0.825. The first kappa shape index (κ1) is 14.5. The highest BCUT2D eigenvalue weighted by Crippen LogP contribution is 2.23. The van der Waals surface area contributed by atoms with E-state index in [1.807, 2.05) is 6.07 Å². The van der Waals surface area contributed by atoms with Gasteiger partial charge in [-0.1, -0.05) is 54.1 Å². The summed E-state index contributed by atoms with van der Waals surface area (Å²) in [5, 5.41) is 2.54. The van der Waals surface area contributed by atoms with Gasteiger partial charge in [-0.15, -0.1) is 11.3 Å². The zero-order chi connectivity index (χ0) is 14.7. The van der Waals surface area contributed by atoms with Crippen molar-refractivity contribution in [3.63, 3.8) is 0 Å². The molecular weight excluding hydrogens is 300 g/mol. The van der Waals surface area contributed by atoms with Gasteiger partial charge in [0.1, 0.15) is 0 Å². The van der Waals surface area contributed by atoms with Crippen molar-refractivity contribution in [3.05, 3.63) is 69.4 Å². The van der Waals surface area contributed by atoms with Gasteiger partial charge in [0, 0.05) is 10.9 Å². The molecule has 0 bridgehead atoms. The van der Waals surface area contributed by atoms with Crippen LogP contribution in [0.5, 0.6) is 0 Å². The summed E-state index contributed by atoms with van der Waals surface area (Å²) in [4.78, 5) is 1.25. The molecule has 0 aliphatic rings. The number of fused-ring (bicyclic) bond motifs is 1. The van der Waals surface area contributed by atoms with Gasteiger partial charge in [-0.05, 0) is 41.3 Å². The smallest absolute Gasteiger partial charge is 0.0931 e. The van der Waals surface area contributed by atoms with Crippen molar-refractivity contribution < 1.29 is 0 Å². The highest BCUT2D eigenvalue weighted by Gasteiger charge is 2.11. The van der Waals surface area contributed by atoms with Gasteiger partial charge in [0.05, 0.1) is 4.34 Å². The number of thiophene rings is 1. The first-order valence-electron chi connectivity index (χ1n) is 6.92. The van der Waals surface area contributed by atoms with Gasteiger partial charge in [0.2, 0.25) is 0 Å². The third-order valence-corrected chi connectivity index (χ3v) is 4.86. The minimum absolute atomic E-state index is 0.209. The van der Waals surface area contributed by atoms with Crippen LogP contribution in [0.4, 0.5) is 0 Å². The van der Waals surface area contributed by atoms with E-state index in [0.717, 1.165) is 17.2 Å². The van der Waals surface area contributed by atoms with E-state index in [2.05, 4.69) is 54.0 Å². The number of nitrogens with two attached hydrogens (primary N) is 1. The van der Waals surface area contributed by atoms with Gasteiger partial charge in [0.25, 0.3) is 0 Å². The average Bonchev–Trinajstić information content (AvgIpc) is 2.91. The first-order valence-corrected chi connectivity index (χ1v) is 8.12. The van der Waals surface area contributed by atoms with Gasteiger partial charge < -0.3 is 0 Å². The number of nitrogens with one attached hydrogen (secondary N) is 1. The Morgan fingerprint density at radius 1 is 1.00 bits per heavy atom. The molecule has 1 heterocycles. The Hall–Kier alpha value is -1.39. The molecule has 0 aliphatic heterocycles. The number of hydrogen-bond acceptors (Lipinski definition) is 3. The molecular formula is C17H17ClN2S. The lowest BCUT2D eigenvalue weighted by atomic mass is 10.00. The SMILES string of the molecule is NNC(Cc1ccc2ccccc2c1)Cc1ccc(Cl)s1. The molecule has 0 saturated heterocycles. The van der Waals surface area contributed by atoms with Gasteiger partial charge in [0.15, 0.2) is 0 Å². The Morgan fingerprint density at radius 3 is 2.52 bits per heavy atom. The molecule has 0 aliphatic carbocycles. The van der Waals surface area contributed by atoms with Crippen molar-refractivity contribution in [2.45, 2.75) is 18.9 Å². The fourth-order valence-corrected chi connectivity index (χ4v) is 3.71. The second kappa shape index (κ2) is 6.58. The van der Waals surface area contributed by atoms with Crippen LogP contribution in [0.1, 0.15) is 10.4 Å². The molecule has 3 rings (SSSR count). The highest BCUT2D eigenvalue weighted by molar-refractivity contribution is 7.16. The van der Waals surface area contributed by atoms with E-state index in [9.17, 15) is 0 Å². The lowest BCUT2D eigenvalue weighted by molar-refractivity contribution is 0.526. The molecule has 1 atom stereocenters. The average molecular weight is 317 g/mol. The molecule has 21 heavy (non-hydrogen) atoms. The number of rotatable bonds is 5. The molecule has 3 N–H and O–H groups in total. The largest absolute Gasteiger partial charge is 0.271 e. The summed E-state index contributed by atoms with van der Waals surface area (Å²) in [5.41, 5.74) is 4.21. The second-order valence-electron chi connectivity index (χ2n) is 5.16. The molecule has 0 fully saturated rings. The topological polar surface area (TPSA) is 38.0 Å². The van der Waals surface area contributed by atoms with Crippen LogP contribution in [-0.4, -0.2) is 6.04 Å². The lowest BCUT2D eigenvalue weighted by Crippen LogP contribution is -2.38. The molecule has 108 valence electrons. The van der Waals surface area contributed by atoms with E-state index < -0.39 is 0 Å². The van der Waals surface area contributed by atoms with Crippen molar-refractivity contribution in [2.24, 2.45) is 5.84 Å². The molecule has 0 amide bonds. The summed E-state index contributed by atoms with van der Waals surface area (Å²) in [6.45, 7) is 0. The highest BCUT2D eigenvalue weighted by atomic mass is 35.5. The minimum atomic E-state index is 0.209. The molecule has 0 saturated carbocycles. The standard InChI is InChI=1S/C17H17ClN2S/c18-17-8-7-16(21-17)11-15(20-19)10-12-5-6-13-3-1-2-4-14(13)9-12/h1-9,15,20H,10-11,19H2. The van der Waals surface area contributed by atoms with Crippen molar-refractivity contribution in [3.8, 4) is 0 Å². The maximum absolute atomic E-state index is 5.98. The normalized spacial score (nSPS) is 12.7. The number of hydrogen-bond donors (Lipinski definition) is 2. The Labute approximate surface area is 133 Å². The van der Waals surface area contributed by atoms with E-state index in [0.29, 0.717) is 0 Å². The van der Waals surface area contributed by atoms with Gasteiger partial charge >= 0.3 is 0 Å². The van der Waals surface area contributed by atoms with Crippen LogP contribution in [0.15, 0.2) is 54.6 Å². The summed E-state index contributed by atoms with van der Waals surface area (Å²) in [6, 6.07) is 19.2. The fourth-order valence-electron chi connectivity index (χ4n) is 2.54. The zero-order valence-electron chi connectivity index (χ0n) is 11.6. The van der Waals surface area contributed by atoms with E-state index in [1.165, 1.54) is 21.2 Å². The summed E-state index contributed by atoms with van der Waals surface area (Å²) in [7, 11) is 0. The predicted octanol–water partition coefficient (Wildman–Crippen LogP) is 4.17. The van der Waals surface area contributed by atoms with Crippen LogP contribution in [-0.2, 0) is 12.8 Å². The Kier molecular flexibility index (Phi) is 4.56. The van der Waals surface area contributed by atoms with Gasteiger partial charge in [-0.25, -0.2) is 0 Å². The summed E-state index contributed by atoms with van der Waals surface area (Å²) in [6.07, 6.45) is 1.79. The van der Waals surface area contributed by atoms with Crippen LogP contribution in [0, 0.1) is 0 Å². The number of benzene rings is 2. The first-order chi connectivity index (χ1) is 10.2. The molecule has 4 heteroatoms. The fraction of sp³-hybridized carbons (Fsp3) is 0.176. The minimum Gasteiger partial charge on any atom is -0.271 e. The molecule has 1 unspecified atom stereocenters. The predicted molar refractivity (Wildman–Crippen MR) is 91.8 cm³/mol. The lowest BCUT2D eigenvalue weighted by Gasteiger charge is -2.15. The number of halogens is 1. The Bertz CT molecular complexity index is 738. The van der Waals surface area contributed by atoms with Crippen LogP contribution in [0.2, 0.25) is 4.34 Å². The Morgan fingerprint density at radius 2 is 1.81 bits per heavy atom.